The molecule has 0 aliphatic heterocycles. The van der Waals surface area contributed by atoms with Crippen molar-refractivity contribution in [3.8, 4) is 0 Å². The Morgan fingerprint density at radius 3 is 2.43 bits per heavy atom. The van der Waals surface area contributed by atoms with Gasteiger partial charge in [0, 0.05) is 18.7 Å². The number of esters is 2. The number of carbonyl (C=O) groups is 3. The smallest absolute Gasteiger partial charge is 0.339 e. The van der Waals surface area contributed by atoms with Gasteiger partial charge in [-0.25, -0.2) is 4.79 Å². The van der Waals surface area contributed by atoms with Gasteiger partial charge in [-0.1, -0.05) is 13.3 Å². The molecule has 0 atom stereocenters. The fourth-order valence-electron chi connectivity index (χ4n) is 2.37. The highest BCUT2D eigenvalue weighted by molar-refractivity contribution is 6.00. The predicted molar refractivity (Wildman–Crippen MR) is 84.4 cm³/mol. The fraction of sp³-hybridized carbons (Fsp3) is 0.562. The molecule has 0 saturated heterocycles. The molecule has 0 spiro atoms. The molecule has 0 unspecified atom stereocenters. The molecule has 1 aromatic rings. The molecule has 0 saturated carbocycles. The molecule has 1 amide bonds. The Balaban J connectivity index is 2.83. The van der Waals surface area contributed by atoms with Crippen LogP contribution in [0.5, 0.6) is 0 Å². The van der Waals surface area contributed by atoms with E-state index >= 15 is 0 Å². The lowest BCUT2D eigenvalue weighted by Gasteiger charge is -2.07. The van der Waals surface area contributed by atoms with Crippen molar-refractivity contribution in [1.82, 2.24) is 10.3 Å². The summed E-state index contributed by atoms with van der Waals surface area (Å²) in [5.74, 6) is -1.06. The second-order valence-electron chi connectivity index (χ2n) is 5.16. The zero-order valence-electron chi connectivity index (χ0n) is 14.1. The average molecular weight is 324 g/mol. The predicted octanol–water partition coefficient (Wildman–Crippen LogP) is 1.75. The minimum absolute atomic E-state index is 0.246. The van der Waals surface area contributed by atoms with Gasteiger partial charge in [0.25, 0.3) is 5.91 Å². The minimum Gasteiger partial charge on any atom is -0.469 e. The lowest BCUT2D eigenvalue weighted by Crippen LogP contribution is -2.26. The van der Waals surface area contributed by atoms with Crippen molar-refractivity contribution < 1.29 is 23.9 Å². The first kappa shape index (κ1) is 18.7. The third kappa shape index (κ3) is 4.84. The van der Waals surface area contributed by atoms with Crippen LogP contribution < -0.4 is 5.32 Å². The lowest BCUT2D eigenvalue weighted by molar-refractivity contribution is -0.140. The van der Waals surface area contributed by atoms with Crippen LogP contribution in [0.4, 0.5) is 0 Å². The fourth-order valence-corrected chi connectivity index (χ4v) is 2.37. The number of hydrogen-bond acceptors (Lipinski definition) is 5. The van der Waals surface area contributed by atoms with E-state index in [0.717, 1.165) is 6.42 Å². The maximum absolute atomic E-state index is 12.3. The van der Waals surface area contributed by atoms with Crippen molar-refractivity contribution in [3.05, 3.63) is 22.5 Å². The van der Waals surface area contributed by atoms with E-state index in [1.165, 1.54) is 14.2 Å². The third-order valence-corrected chi connectivity index (χ3v) is 3.48. The van der Waals surface area contributed by atoms with Gasteiger partial charge in [-0.2, -0.15) is 0 Å². The first-order valence-corrected chi connectivity index (χ1v) is 7.60. The van der Waals surface area contributed by atoms with Crippen LogP contribution in [-0.4, -0.2) is 43.6 Å². The Labute approximate surface area is 135 Å². The van der Waals surface area contributed by atoms with E-state index in [0.29, 0.717) is 41.9 Å². The van der Waals surface area contributed by atoms with Crippen LogP contribution in [0, 0.1) is 6.92 Å². The first-order valence-electron chi connectivity index (χ1n) is 7.60. The van der Waals surface area contributed by atoms with Crippen molar-refractivity contribution in [2.24, 2.45) is 0 Å². The number of ether oxygens (including phenoxy) is 2. The van der Waals surface area contributed by atoms with Crippen LogP contribution in [0.1, 0.15) is 58.3 Å². The summed E-state index contributed by atoms with van der Waals surface area (Å²) >= 11 is 0. The molecule has 1 rings (SSSR count). The van der Waals surface area contributed by atoms with Crippen LogP contribution in [-0.2, 0) is 20.7 Å². The molecule has 0 aliphatic carbocycles. The zero-order valence-corrected chi connectivity index (χ0v) is 14.1. The molecule has 128 valence electrons. The van der Waals surface area contributed by atoms with Crippen molar-refractivity contribution in [1.29, 1.82) is 0 Å². The van der Waals surface area contributed by atoms with Crippen molar-refractivity contribution in [2.75, 3.05) is 20.8 Å². The molecular formula is C16H24N2O5. The molecule has 7 nitrogen and oxygen atoms in total. The lowest BCUT2D eigenvalue weighted by atomic mass is 10.0. The normalized spacial score (nSPS) is 10.3. The molecule has 1 heterocycles. The number of H-pyrrole nitrogens is 1. The minimum atomic E-state index is -0.452. The topological polar surface area (TPSA) is 97.5 Å². The SMILES string of the molecule is CCCc1c(C(=O)NCCCC(=O)OC)[nH]c(C)c1C(=O)OC. The van der Waals surface area contributed by atoms with Crippen molar-refractivity contribution in [3.63, 3.8) is 0 Å². The number of aryl methyl sites for hydroxylation is 1. The van der Waals surface area contributed by atoms with Gasteiger partial charge in [0.15, 0.2) is 0 Å². The van der Waals surface area contributed by atoms with Crippen molar-refractivity contribution in [2.45, 2.75) is 39.5 Å². The van der Waals surface area contributed by atoms with E-state index in [-0.39, 0.29) is 18.3 Å². The van der Waals surface area contributed by atoms with E-state index < -0.39 is 5.97 Å². The third-order valence-electron chi connectivity index (χ3n) is 3.48. The summed E-state index contributed by atoms with van der Waals surface area (Å²) < 4.78 is 9.33. The van der Waals surface area contributed by atoms with E-state index in [1.807, 2.05) is 6.92 Å². The summed E-state index contributed by atoms with van der Waals surface area (Å²) in [5, 5.41) is 2.74. The summed E-state index contributed by atoms with van der Waals surface area (Å²) in [6, 6.07) is 0. The molecule has 0 radical (unpaired) electrons. The number of methoxy groups -OCH3 is 2. The highest BCUT2D eigenvalue weighted by Gasteiger charge is 2.24. The summed E-state index contributed by atoms with van der Waals surface area (Å²) in [4.78, 5) is 38.2. The zero-order chi connectivity index (χ0) is 17.4. The second kappa shape index (κ2) is 8.97. The van der Waals surface area contributed by atoms with Gasteiger partial charge < -0.3 is 19.8 Å². The molecule has 1 aromatic heterocycles. The largest absolute Gasteiger partial charge is 0.469 e. The van der Waals surface area contributed by atoms with Gasteiger partial charge in [0.05, 0.1) is 19.8 Å². The molecular weight excluding hydrogens is 300 g/mol. The van der Waals surface area contributed by atoms with E-state index in [4.69, 9.17) is 4.74 Å². The molecule has 7 heteroatoms. The quantitative estimate of drug-likeness (QED) is 0.561. The Bertz CT molecular complexity index is 577. The van der Waals surface area contributed by atoms with Gasteiger partial charge >= 0.3 is 11.9 Å². The molecule has 23 heavy (non-hydrogen) atoms. The Morgan fingerprint density at radius 1 is 1.17 bits per heavy atom. The Kier molecular flexibility index (Phi) is 7.31. The highest BCUT2D eigenvalue weighted by atomic mass is 16.5. The number of carbonyl (C=O) groups excluding carboxylic acids is 3. The molecule has 2 N–H and O–H groups in total. The maximum atomic E-state index is 12.3. The van der Waals surface area contributed by atoms with E-state index in [1.54, 1.807) is 6.92 Å². The number of aromatic nitrogens is 1. The van der Waals surface area contributed by atoms with Gasteiger partial charge in [-0.05, 0) is 25.3 Å². The Morgan fingerprint density at radius 2 is 1.87 bits per heavy atom. The van der Waals surface area contributed by atoms with Crippen LogP contribution in [0.2, 0.25) is 0 Å². The second-order valence-corrected chi connectivity index (χ2v) is 5.16. The highest BCUT2D eigenvalue weighted by Crippen LogP contribution is 2.21. The van der Waals surface area contributed by atoms with Crippen LogP contribution in [0.25, 0.3) is 0 Å². The number of aromatic amines is 1. The van der Waals surface area contributed by atoms with Gasteiger partial charge in [0.2, 0.25) is 0 Å². The molecule has 0 aliphatic rings. The van der Waals surface area contributed by atoms with Crippen molar-refractivity contribution >= 4 is 17.8 Å². The molecule has 0 fully saturated rings. The van der Waals surface area contributed by atoms with Gasteiger partial charge in [-0.3, -0.25) is 9.59 Å². The molecule has 0 aromatic carbocycles. The number of amides is 1. The summed E-state index contributed by atoms with van der Waals surface area (Å²) in [5.41, 5.74) is 2.08. The monoisotopic (exact) mass is 324 g/mol. The van der Waals surface area contributed by atoms with Gasteiger partial charge in [-0.15, -0.1) is 0 Å². The van der Waals surface area contributed by atoms with Crippen LogP contribution in [0.3, 0.4) is 0 Å². The van der Waals surface area contributed by atoms with Crippen LogP contribution in [0.15, 0.2) is 0 Å². The van der Waals surface area contributed by atoms with E-state index in [2.05, 4.69) is 15.0 Å². The van der Waals surface area contributed by atoms with E-state index in [9.17, 15) is 14.4 Å². The summed E-state index contributed by atoms with van der Waals surface area (Å²) in [7, 11) is 2.64. The number of rotatable bonds is 8. The number of hydrogen-bond donors (Lipinski definition) is 2. The average Bonchev–Trinajstić information content (AvgIpc) is 2.87. The Hall–Kier alpha value is -2.31. The van der Waals surface area contributed by atoms with Gasteiger partial charge in [0.1, 0.15) is 5.69 Å². The number of nitrogens with one attached hydrogen (secondary N) is 2. The van der Waals surface area contributed by atoms with Crippen LogP contribution >= 0.6 is 0 Å². The first-order chi connectivity index (χ1) is 11.0. The standard InChI is InChI=1S/C16H24N2O5/c1-5-7-11-13(16(21)23-4)10(2)18-14(11)15(20)17-9-6-8-12(19)22-3/h18H,5-9H2,1-4H3,(H,17,20). The summed E-state index contributed by atoms with van der Waals surface area (Å²) in [6.45, 7) is 4.06. The molecule has 0 bridgehead atoms. The maximum Gasteiger partial charge on any atom is 0.339 e. The summed E-state index contributed by atoms with van der Waals surface area (Å²) in [6.07, 6.45) is 2.13.